The lowest BCUT2D eigenvalue weighted by molar-refractivity contribution is -0.841. The van der Waals surface area contributed by atoms with E-state index in [-0.39, 0.29) is 18.3 Å². The standard InChI is InChI=1S/C20H26N4O.ClH/c1-16-13-19(22-17(2)21-16)24(14-18-9-5-3-6-10-18)15-20(25)23-11-7-4-8-12-23;/h3,5-6,9-10,13H,4,7-8,11-12,14-15H2,1-2H3;1H. The van der Waals surface area contributed by atoms with Crippen molar-refractivity contribution in [3.05, 3.63) is 53.5 Å². The molecule has 26 heavy (non-hydrogen) atoms. The van der Waals surface area contributed by atoms with Crippen LogP contribution in [0.15, 0.2) is 36.4 Å². The molecule has 0 spiro atoms. The summed E-state index contributed by atoms with van der Waals surface area (Å²) in [6, 6.07) is 12.3. The Hall–Kier alpha value is -1.98. The van der Waals surface area contributed by atoms with Crippen LogP contribution in [0, 0.1) is 13.8 Å². The molecule has 140 valence electrons. The number of rotatable bonds is 5. The van der Waals surface area contributed by atoms with Gasteiger partial charge >= 0.3 is 0 Å². The Balaban J connectivity index is 0.00000243. The van der Waals surface area contributed by atoms with Crippen molar-refractivity contribution >= 4 is 11.7 Å². The van der Waals surface area contributed by atoms with E-state index in [0.717, 1.165) is 54.7 Å². The SMILES string of the molecule is Cc1cc([NH+](CC(=O)N2CCCCC2)Cc2ccccc2)nc(C)n1.[Cl-]. The Morgan fingerprint density at radius 3 is 2.42 bits per heavy atom. The van der Waals surface area contributed by atoms with Gasteiger partial charge in [0.15, 0.2) is 6.54 Å². The van der Waals surface area contributed by atoms with Crippen molar-refractivity contribution in [1.29, 1.82) is 0 Å². The molecule has 6 heteroatoms. The number of aromatic nitrogens is 2. The zero-order valence-corrected chi connectivity index (χ0v) is 16.3. The third kappa shape index (κ3) is 5.51. The Morgan fingerprint density at radius 2 is 1.77 bits per heavy atom. The highest BCUT2D eigenvalue weighted by Crippen LogP contribution is 2.09. The van der Waals surface area contributed by atoms with Crippen LogP contribution in [0.4, 0.5) is 5.82 Å². The average molecular weight is 375 g/mol. The second kappa shape index (κ2) is 9.64. The molecular formula is C20H27ClN4O. The molecule has 0 bridgehead atoms. The molecule has 1 aliphatic heterocycles. The fourth-order valence-electron chi connectivity index (χ4n) is 3.42. The molecule has 1 amide bonds. The molecule has 1 aromatic heterocycles. The summed E-state index contributed by atoms with van der Waals surface area (Å²) in [5.74, 6) is 1.88. The first-order valence-corrected chi connectivity index (χ1v) is 9.11. The maximum absolute atomic E-state index is 12.8. The van der Waals surface area contributed by atoms with E-state index in [9.17, 15) is 4.79 Å². The van der Waals surface area contributed by atoms with Gasteiger partial charge in [0, 0.05) is 30.4 Å². The van der Waals surface area contributed by atoms with Gasteiger partial charge in [-0.3, -0.25) is 9.69 Å². The largest absolute Gasteiger partial charge is 1.00 e. The fraction of sp³-hybridized carbons (Fsp3) is 0.450. The first-order chi connectivity index (χ1) is 12.1. The minimum atomic E-state index is 0. The van der Waals surface area contributed by atoms with Crippen molar-refractivity contribution in [2.24, 2.45) is 0 Å². The molecule has 1 saturated heterocycles. The van der Waals surface area contributed by atoms with Gasteiger partial charge in [-0.25, -0.2) is 4.98 Å². The summed E-state index contributed by atoms with van der Waals surface area (Å²) in [6.07, 6.45) is 3.46. The van der Waals surface area contributed by atoms with Crippen molar-refractivity contribution in [2.45, 2.75) is 39.7 Å². The summed E-state index contributed by atoms with van der Waals surface area (Å²) in [5, 5.41) is 0. The monoisotopic (exact) mass is 374 g/mol. The number of nitrogens with one attached hydrogen (secondary N) is 1. The highest BCUT2D eigenvalue weighted by Gasteiger charge is 2.24. The summed E-state index contributed by atoms with van der Waals surface area (Å²) >= 11 is 0. The average Bonchev–Trinajstić information content (AvgIpc) is 2.62. The van der Waals surface area contributed by atoms with E-state index in [1.807, 2.05) is 43.0 Å². The van der Waals surface area contributed by atoms with E-state index in [1.54, 1.807) is 0 Å². The van der Waals surface area contributed by atoms with Crippen LogP contribution in [-0.2, 0) is 11.3 Å². The van der Waals surface area contributed by atoms with Crippen molar-refractivity contribution in [2.75, 3.05) is 19.6 Å². The van der Waals surface area contributed by atoms with Gasteiger partial charge in [-0.1, -0.05) is 30.3 Å². The molecule has 1 aliphatic rings. The number of likely N-dealkylation sites (tertiary alicyclic amines) is 1. The Bertz CT molecular complexity index is 697. The molecule has 1 N–H and O–H groups in total. The number of carbonyl (C=O) groups excluding carboxylic acids is 1. The maximum Gasteiger partial charge on any atom is 0.278 e. The maximum atomic E-state index is 12.8. The van der Waals surface area contributed by atoms with Crippen LogP contribution in [0.1, 0.15) is 36.3 Å². The summed E-state index contributed by atoms with van der Waals surface area (Å²) in [6.45, 7) is 6.84. The zero-order chi connectivity index (χ0) is 17.6. The van der Waals surface area contributed by atoms with Crippen molar-refractivity contribution in [1.82, 2.24) is 14.9 Å². The van der Waals surface area contributed by atoms with Crippen molar-refractivity contribution in [3.63, 3.8) is 0 Å². The van der Waals surface area contributed by atoms with Crippen LogP contribution in [0.2, 0.25) is 0 Å². The Kier molecular flexibility index (Phi) is 7.54. The molecule has 1 fully saturated rings. The van der Waals surface area contributed by atoms with Crippen molar-refractivity contribution in [3.8, 4) is 0 Å². The highest BCUT2D eigenvalue weighted by atomic mass is 35.5. The molecule has 2 aromatic rings. The number of hydrogen-bond acceptors (Lipinski definition) is 3. The summed E-state index contributed by atoms with van der Waals surface area (Å²) < 4.78 is 0. The predicted molar refractivity (Wildman–Crippen MR) is 97.6 cm³/mol. The molecule has 1 aromatic carbocycles. The summed E-state index contributed by atoms with van der Waals surface area (Å²) in [5.41, 5.74) is 2.15. The number of carbonyl (C=O) groups is 1. The second-order valence-electron chi connectivity index (χ2n) is 6.83. The molecule has 0 saturated carbocycles. The number of quaternary nitrogens is 1. The summed E-state index contributed by atoms with van der Waals surface area (Å²) in [7, 11) is 0. The van der Waals surface area contributed by atoms with Crippen LogP contribution < -0.4 is 17.3 Å². The molecule has 5 nitrogen and oxygen atoms in total. The van der Waals surface area contributed by atoms with E-state index >= 15 is 0 Å². The Morgan fingerprint density at radius 1 is 1.08 bits per heavy atom. The molecular weight excluding hydrogens is 348 g/mol. The normalized spacial score (nSPS) is 15.2. The van der Waals surface area contributed by atoms with Crippen LogP contribution in [0.5, 0.6) is 0 Å². The lowest BCUT2D eigenvalue weighted by Crippen LogP contribution is -3.07. The van der Waals surface area contributed by atoms with Crippen LogP contribution in [0.3, 0.4) is 0 Å². The number of piperidine rings is 1. The van der Waals surface area contributed by atoms with E-state index < -0.39 is 0 Å². The molecule has 0 radical (unpaired) electrons. The van der Waals surface area contributed by atoms with E-state index in [2.05, 4.69) is 22.1 Å². The molecule has 1 atom stereocenters. The number of halogens is 1. The molecule has 2 heterocycles. The highest BCUT2D eigenvalue weighted by molar-refractivity contribution is 5.77. The molecule has 3 rings (SSSR count). The minimum absolute atomic E-state index is 0. The number of benzene rings is 1. The quantitative estimate of drug-likeness (QED) is 0.717. The van der Waals surface area contributed by atoms with Gasteiger partial charge in [0.25, 0.3) is 5.91 Å². The van der Waals surface area contributed by atoms with Crippen LogP contribution in [0.25, 0.3) is 0 Å². The van der Waals surface area contributed by atoms with Crippen LogP contribution in [-0.4, -0.2) is 40.4 Å². The lowest BCUT2D eigenvalue weighted by atomic mass is 10.1. The fourth-order valence-corrected chi connectivity index (χ4v) is 3.42. The summed E-state index contributed by atoms with van der Waals surface area (Å²) in [4.78, 5) is 24.9. The second-order valence-corrected chi connectivity index (χ2v) is 6.83. The first kappa shape index (κ1) is 20.3. The molecule has 1 unspecified atom stereocenters. The third-order valence-corrected chi connectivity index (χ3v) is 4.66. The van der Waals surface area contributed by atoms with Gasteiger partial charge in [-0.2, -0.15) is 4.98 Å². The predicted octanol–water partition coefficient (Wildman–Crippen LogP) is -1.17. The van der Waals surface area contributed by atoms with Gasteiger partial charge in [0.1, 0.15) is 12.4 Å². The van der Waals surface area contributed by atoms with Gasteiger partial charge in [0.2, 0.25) is 5.82 Å². The minimum Gasteiger partial charge on any atom is -1.00 e. The third-order valence-electron chi connectivity index (χ3n) is 4.66. The topological polar surface area (TPSA) is 50.5 Å². The van der Waals surface area contributed by atoms with Gasteiger partial charge in [0.05, 0.1) is 0 Å². The van der Waals surface area contributed by atoms with Crippen molar-refractivity contribution < 1.29 is 22.1 Å². The smallest absolute Gasteiger partial charge is 0.278 e. The van der Waals surface area contributed by atoms with E-state index in [1.165, 1.54) is 12.0 Å². The van der Waals surface area contributed by atoms with Gasteiger partial charge in [-0.05, 0) is 33.1 Å². The molecule has 0 aliphatic carbocycles. The number of aryl methyl sites for hydroxylation is 2. The van der Waals surface area contributed by atoms with Gasteiger partial charge < -0.3 is 17.3 Å². The zero-order valence-electron chi connectivity index (χ0n) is 15.5. The first-order valence-electron chi connectivity index (χ1n) is 9.11. The van der Waals surface area contributed by atoms with E-state index in [0.29, 0.717) is 6.54 Å². The lowest BCUT2D eigenvalue weighted by Gasteiger charge is -2.28. The number of nitrogens with zero attached hydrogens (tertiary/aromatic N) is 3. The number of amides is 1. The van der Waals surface area contributed by atoms with Crippen LogP contribution >= 0.6 is 0 Å². The number of hydrogen-bond donors (Lipinski definition) is 1. The van der Waals surface area contributed by atoms with E-state index in [4.69, 9.17) is 0 Å². The van der Waals surface area contributed by atoms with Gasteiger partial charge in [-0.15, -0.1) is 0 Å². The Labute approximate surface area is 161 Å².